The number of carboxylic acid groups (broad SMARTS) is 2. The molecule has 0 spiro atoms. The molecule has 2 heterocycles. The zero-order valence-electron chi connectivity index (χ0n) is 17.5. The number of thiazole rings is 1. The highest BCUT2D eigenvalue weighted by Gasteiger charge is 2.38. The van der Waals surface area contributed by atoms with Gasteiger partial charge in [-0.25, -0.2) is 14.6 Å². The number of amides is 1. The first-order chi connectivity index (χ1) is 15.4. The van der Waals surface area contributed by atoms with Gasteiger partial charge >= 0.3 is 18.3 Å². The number of hydrogen-bond donors (Lipinski definition) is 4. The Balaban J connectivity index is 0.000000479. The monoisotopic (exact) mass is 489 g/mol. The number of halogens is 3. The number of aryl methyl sites for hydroxylation is 1. The molecule has 180 valence electrons. The molecule has 0 saturated carbocycles. The fourth-order valence-electron chi connectivity index (χ4n) is 3.03. The van der Waals surface area contributed by atoms with Crippen LogP contribution in [0.2, 0.25) is 0 Å². The van der Waals surface area contributed by atoms with E-state index in [-0.39, 0.29) is 11.9 Å². The van der Waals surface area contributed by atoms with Crippen molar-refractivity contribution < 1.29 is 42.5 Å². The molecule has 1 unspecified atom stereocenters. The standard InChI is InChI=1S/C18H21N3O4S.C2HF3O2/c1-10(21-17(22)15-7-14(8-19-15)25-18(23)24)12-3-5-13(6-4-12)16-11(2)20-9-26-16;3-2(4,5)1(6)7/h3-6,9-10,14-15,19H,7-8H2,1-2H3,(H,21,22)(H,23,24);(H,6,7)/t10?,14-,15+;/m1./s1. The molecule has 2 aromatic rings. The first kappa shape index (κ1) is 26.1. The maximum Gasteiger partial charge on any atom is 0.506 e. The Hall–Kier alpha value is -3.19. The van der Waals surface area contributed by atoms with Crippen molar-refractivity contribution in [1.82, 2.24) is 15.6 Å². The lowest BCUT2D eigenvalue weighted by Gasteiger charge is -2.18. The van der Waals surface area contributed by atoms with Crippen molar-refractivity contribution in [3.63, 3.8) is 0 Å². The summed E-state index contributed by atoms with van der Waals surface area (Å²) in [6, 6.07) is 7.46. The Morgan fingerprint density at radius 1 is 1.24 bits per heavy atom. The van der Waals surface area contributed by atoms with Crippen LogP contribution in [0.15, 0.2) is 29.8 Å². The minimum absolute atomic E-state index is 0.152. The Morgan fingerprint density at radius 3 is 2.33 bits per heavy atom. The molecule has 0 bridgehead atoms. The molecule has 1 aromatic carbocycles. The van der Waals surface area contributed by atoms with Crippen LogP contribution in [0.5, 0.6) is 0 Å². The van der Waals surface area contributed by atoms with Crippen molar-refractivity contribution in [3.8, 4) is 10.4 Å². The van der Waals surface area contributed by atoms with Gasteiger partial charge < -0.3 is 25.6 Å². The molecule has 9 nitrogen and oxygen atoms in total. The van der Waals surface area contributed by atoms with Crippen molar-refractivity contribution in [2.24, 2.45) is 0 Å². The largest absolute Gasteiger partial charge is 0.506 e. The minimum Gasteiger partial charge on any atom is -0.475 e. The Labute approximate surface area is 190 Å². The lowest BCUT2D eigenvalue weighted by molar-refractivity contribution is -0.192. The fourth-order valence-corrected chi connectivity index (χ4v) is 3.85. The second-order valence-electron chi connectivity index (χ2n) is 7.12. The van der Waals surface area contributed by atoms with Gasteiger partial charge in [0.1, 0.15) is 6.10 Å². The molecule has 1 saturated heterocycles. The summed E-state index contributed by atoms with van der Waals surface area (Å²) in [6.45, 7) is 4.26. The van der Waals surface area contributed by atoms with Crippen LogP contribution in [0.3, 0.4) is 0 Å². The van der Waals surface area contributed by atoms with E-state index in [0.29, 0.717) is 13.0 Å². The number of carbonyl (C=O) groups excluding carboxylic acids is 1. The third-order valence-electron chi connectivity index (χ3n) is 4.69. The van der Waals surface area contributed by atoms with Crippen LogP contribution >= 0.6 is 11.3 Å². The van der Waals surface area contributed by atoms with Crippen molar-refractivity contribution in [2.75, 3.05) is 6.54 Å². The molecule has 3 rings (SSSR count). The second-order valence-corrected chi connectivity index (χ2v) is 7.98. The normalized spacial score (nSPS) is 18.6. The van der Waals surface area contributed by atoms with E-state index in [4.69, 9.17) is 19.7 Å². The number of benzene rings is 1. The van der Waals surface area contributed by atoms with E-state index < -0.39 is 30.4 Å². The number of alkyl halides is 3. The van der Waals surface area contributed by atoms with Crippen LogP contribution in [0.4, 0.5) is 18.0 Å². The molecule has 1 aromatic heterocycles. The lowest BCUT2D eigenvalue weighted by Crippen LogP contribution is -2.41. The molecule has 0 aliphatic carbocycles. The molecule has 4 N–H and O–H groups in total. The van der Waals surface area contributed by atoms with Crippen LogP contribution in [0.1, 0.15) is 30.6 Å². The molecule has 1 amide bonds. The van der Waals surface area contributed by atoms with E-state index in [1.165, 1.54) is 0 Å². The Bertz CT molecular complexity index is 980. The summed E-state index contributed by atoms with van der Waals surface area (Å²) in [4.78, 5) is 37.3. The van der Waals surface area contributed by atoms with Gasteiger partial charge in [-0.1, -0.05) is 24.3 Å². The number of hydrogen-bond acceptors (Lipinski definition) is 7. The molecular weight excluding hydrogens is 467 g/mol. The molecule has 1 aliphatic rings. The number of nitrogens with zero attached hydrogens (tertiary/aromatic N) is 1. The van der Waals surface area contributed by atoms with Crippen molar-refractivity contribution in [2.45, 2.75) is 44.6 Å². The number of carbonyl (C=O) groups is 3. The molecule has 13 heteroatoms. The van der Waals surface area contributed by atoms with Gasteiger partial charge in [-0.05, 0) is 25.0 Å². The third kappa shape index (κ3) is 7.71. The van der Waals surface area contributed by atoms with E-state index >= 15 is 0 Å². The smallest absolute Gasteiger partial charge is 0.475 e. The second kappa shape index (κ2) is 11.1. The molecule has 33 heavy (non-hydrogen) atoms. The Morgan fingerprint density at radius 2 is 1.85 bits per heavy atom. The number of nitrogens with one attached hydrogen (secondary N) is 2. The summed E-state index contributed by atoms with van der Waals surface area (Å²) < 4.78 is 36.4. The van der Waals surface area contributed by atoms with Gasteiger partial charge in [0.2, 0.25) is 5.91 Å². The van der Waals surface area contributed by atoms with Gasteiger partial charge in [-0.15, -0.1) is 11.3 Å². The molecule has 1 fully saturated rings. The summed E-state index contributed by atoms with van der Waals surface area (Å²) in [5, 5.41) is 21.7. The zero-order chi connectivity index (χ0) is 24.8. The minimum atomic E-state index is -5.08. The average molecular weight is 489 g/mol. The van der Waals surface area contributed by atoms with E-state index in [0.717, 1.165) is 21.7 Å². The molecule has 1 aliphatic heterocycles. The van der Waals surface area contributed by atoms with Gasteiger partial charge in [0, 0.05) is 13.0 Å². The number of ether oxygens (including phenoxy) is 1. The van der Waals surface area contributed by atoms with Crippen molar-refractivity contribution in [3.05, 3.63) is 41.0 Å². The van der Waals surface area contributed by atoms with Crippen LogP contribution < -0.4 is 10.6 Å². The van der Waals surface area contributed by atoms with Crippen LogP contribution in [0.25, 0.3) is 10.4 Å². The zero-order valence-corrected chi connectivity index (χ0v) is 18.4. The van der Waals surface area contributed by atoms with E-state index in [9.17, 15) is 22.8 Å². The van der Waals surface area contributed by atoms with Gasteiger partial charge in [-0.2, -0.15) is 13.2 Å². The highest BCUT2D eigenvalue weighted by Crippen LogP contribution is 2.28. The number of rotatable bonds is 5. The predicted molar refractivity (Wildman–Crippen MR) is 112 cm³/mol. The van der Waals surface area contributed by atoms with E-state index in [2.05, 4.69) is 15.6 Å². The predicted octanol–water partition coefficient (Wildman–Crippen LogP) is 3.35. The maximum atomic E-state index is 12.4. The van der Waals surface area contributed by atoms with Crippen molar-refractivity contribution in [1.29, 1.82) is 0 Å². The van der Waals surface area contributed by atoms with E-state index in [1.807, 2.05) is 43.6 Å². The average Bonchev–Trinajstić information content (AvgIpc) is 3.36. The highest BCUT2D eigenvalue weighted by atomic mass is 32.1. The quantitative estimate of drug-likeness (QED) is 0.469. The number of carboxylic acids is 1. The molecule has 3 atom stereocenters. The van der Waals surface area contributed by atoms with E-state index in [1.54, 1.807) is 11.3 Å². The molecule has 0 radical (unpaired) electrons. The SMILES string of the molecule is Cc1ncsc1-c1ccc(C(C)NC(=O)[C@@H]2C[C@@H](OC(=O)O)CN2)cc1.O=C(O)C(F)(F)F. The fraction of sp³-hybridized carbons (Fsp3) is 0.400. The topological polar surface area (TPSA) is 138 Å². The lowest BCUT2D eigenvalue weighted by atomic mass is 10.0. The van der Waals surface area contributed by atoms with Gasteiger partial charge in [-0.3, -0.25) is 4.79 Å². The van der Waals surface area contributed by atoms with Crippen LogP contribution in [0, 0.1) is 6.92 Å². The third-order valence-corrected chi connectivity index (χ3v) is 5.67. The number of aliphatic carboxylic acids is 1. The summed E-state index contributed by atoms with van der Waals surface area (Å²) in [7, 11) is 0. The first-order valence-electron chi connectivity index (χ1n) is 9.62. The van der Waals surface area contributed by atoms with Gasteiger partial charge in [0.05, 0.1) is 28.2 Å². The molecular formula is C20H22F3N3O6S. The van der Waals surface area contributed by atoms with Crippen LogP contribution in [-0.4, -0.2) is 58.1 Å². The summed E-state index contributed by atoms with van der Waals surface area (Å²) in [5.41, 5.74) is 4.95. The first-order valence-corrected chi connectivity index (χ1v) is 10.5. The van der Waals surface area contributed by atoms with Crippen molar-refractivity contribution >= 4 is 29.4 Å². The van der Waals surface area contributed by atoms with Crippen LogP contribution in [-0.2, 0) is 14.3 Å². The maximum absolute atomic E-state index is 12.4. The summed E-state index contributed by atoms with van der Waals surface area (Å²) in [6.07, 6.45) is -6.54. The Kier molecular flexibility index (Phi) is 8.76. The summed E-state index contributed by atoms with van der Waals surface area (Å²) in [5.74, 6) is -2.91. The van der Waals surface area contributed by atoms with Gasteiger partial charge in [0.15, 0.2) is 0 Å². The summed E-state index contributed by atoms with van der Waals surface area (Å²) >= 11 is 1.61. The van der Waals surface area contributed by atoms with Gasteiger partial charge in [0.25, 0.3) is 0 Å². The number of aromatic nitrogens is 1. The highest BCUT2D eigenvalue weighted by molar-refractivity contribution is 7.13.